The molecule has 24 heavy (non-hydrogen) atoms. The first-order valence-electron chi connectivity index (χ1n) is 8.91. The van der Waals surface area contributed by atoms with Gasteiger partial charge in [0.15, 0.2) is 5.76 Å². The van der Waals surface area contributed by atoms with Gasteiger partial charge in [-0.3, -0.25) is 9.69 Å². The van der Waals surface area contributed by atoms with E-state index in [1.807, 2.05) is 4.90 Å². The van der Waals surface area contributed by atoms with Gasteiger partial charge in [0.25, 0.3) is 5.91 Å². The zero-order valence-corrected chi connectivity index (χ0v) is 14.0. The van der Waals surface area contributed by atoms with Crippen molar-refractivity contribution in [3.8, 4) is 0 Å². The molecular formula is C20H24N2O2. The molecule has 0 bridgehead atoms. The summed E-state index contributed by atoms with van der Waals surface area (Å²) in [5.74, 6) is 1.18. The highest BCUT2D eigenvalue weighted by molar-refractivity contribution is 5.91. The molecule has 1 aromatic heterocycles. The van der Waals surface area contributed by atoms with Crippen molar-refractivity contribution in [1.29, 1.82) is 0 Å². The summed E-state index contributed by atoms with van der Waals surface area (Å²) in [6, 6.07) is 12.3. The van der Waals surface area contributed by atoms with Crippen LogP contribution in [0.2, 0.25) is 0 Å². The van der Waals surface area contributed by atoms with Gasteiger partial charge in [-0.15, -0.1) is 0 Å². The third-order valence-electron chi connectivity index (χ3n) is 5.36. The molecule has 126 valence electrons. The van der Waals surface area contributed by atoms with Gasteiger partial charge in [-0.25, -0.2) is 0 Å². The van der Waals surface area contributed by atoms with E-state index in [0.29, 0.717) is 11.7 Å². The quantitative estimate of drug-likeness (QED) is 0.870. The lowest BCUT2D eigenvalue weighted by Gasteiger charge is -2.36. The van der Waals surface area contributed by atoms with Gasteiger partial charge in [-0.2, -0.15) is 0 Å². The monoisotopic (exact) mass is 324 g/mol. The zero-order chi connectivity index (χ0) is 16.4. The van der Waals surface area contributed by atoms with E-state index in [1.165, 1.54) is 11.1 Å². The molecule has 2 aromatic rings. The molecule has 0 spiro atoms. The number of hydrogen-bond acceptors (Lipinski definition) is 3. The van der Waals surface area contributed by atoms with Crippen molar-refractivity contribution >= 4 is 5.91 Å². The van der Waals surface area contributed by atoms with Crippen molar-refractivity contribution in [2.24, 2.45) is 5.92 Å². The van der Waals surface area contributed by atoms with Gasteiger partial charge >= 0.3 is 0 Å². The number of rotatable bonds is 3. The van der Waals surface area contributed by atoms with Gasteiger partial charge in [0.1, 0.15) is 0 Å². The fraction of sp³-hybridized carbons (Fsp3) is 0.450. The Hall–Kier alpha value is -2.07. The second kappa shape index (κ2) is 6.81. The average Bonchev–Trinajstić information content (AvgIpc) is 3.16. The summed E-state index contributed by atoms with van der Waals surface area (Å²) in [6.45, 7) is 5.06. The Kier molecular flexibility index (Phi) is 4.39. The van der Waals surface area contributed by atoms with Crippen molar-refractivity contribution in [1.82, 2.24) is 9.80 Å². The third kappa shape index (κ3) is 3.24. The molecule has 2 aliphatic rings. The van der Waals surface area contributed by atoms with Crippen molar-refractivity contribution in [3.05, 3.63) is 59.5 Å². The Morgan fingerprint density at radius 1 is 1.04 bits per heavy atom. The molecule has 1 amide bonds. The van der Waals surface area contributed by atoms with Crippen molar-refractivity contribution < 1.29 is 9.21 Å². The normalized spacial score (nSPS) is 19.2. The predicted molar refractivity (Wildman–Crippen MR) is 92.8 cm³/mol. The number of piperidine rings is 1. The molecule has 4 heteroatoms. The van der Waals surface area contributed by atoms with Gasteiger partial charge in [-0.05, 0) is 48.4 Å². The molecule has 0 N–H and O–H groups in total. The van der Waals surface area contributed by atoms with Crippen molar-refractivity contribution in [2.75, 3.05) is 26.2 Å². The summed E-state index contributed by atoms with van der Waals surface area (Å²) in [7, 11) is 0. The number of benzene rings is 1. The summed E-state index contributed by atoms with van der Waals surface area (Å²) in [6.07, 6.45) is 4.90. The largest absolute Gasteiger partial charge is 0.459 e. The standard InChI is InChI=1S/C20H24N2O2/c23-20(19-6-3-13-24-19)22-11-7-16(8-12-22)14-21-10-9-17-4-1-2-5-18(17)15-21/h1-6,13,16H,7-12,14-15H2. The summed E-state index contributed by atoms with van der Waals surface area (Å²) in [4.78, 5) is 16.8. The van der Waals surface area contributed by atoms with E-state index >= 15 is 0 Å². The molecule has 0 radical (unpaired) electrons. The lowest BCUT2D eigenvalue weighted by molar-refractivity contribution is 0.0632. The van der Waals surface area contributed by atoms with Crippen LogP contribution >= 0.6 is 0 Å². The van der Waals surface area contributed by atoms with E-state index in [4.69, 9.17) is 4.42 Å². The number of nitrogens with zero attached hydrogens (tertiary/aromatic N) is 2. The molecule has 4 nitrogen and oxygen atoms in total. The molecule has 0 saturated carbocycles. The molecule has 1 saturated heterocycles. The van der Waals surface area contributed by atoms with E-state index in [1.54, 1.807) is 18.4 Å². The lowest BCUT2D eigenvalue weighted by atomic mass is 9.93. The van der Waals surface area contributed by atoms with Gasteiger partial charge in [0, 0.05) is 32.7 Å². The number of fused-ring (bicyclic) bond motifs is 1. The topological polar surface area (TPSA) is 36.7 Å². The molecular weight excluding hydrogens is 300 g/mol. The van der Waals surface area contributed by atoms with E-state index in [-0.39, 0.29) is 5.91 Å². The lowest BCUT2D eigenvalue weighted by Crippen LogP contribution is -2.42. The Bertz CT molecular complexity index is 687. The number of likely N-dealkylation sites (tertiary alicyclic amines) is 1. The number of carbonyl (C=O) groups is 1. The molecule has 0 unspecified atom stereocenters. The van der Waals surface area contributed by atoms with Crippen molar-refractivity contribution in [3.63, 3.8) is 0 Å². The maximum absolute atomic E-state index is 12.3. The first kappa shape index (κ1) is 15.5. The predicted octanol–water partition coefficient (Wildman–Crippen LogP) is 3.19. The fourth-order valence-corrected chi connectivity index (χ4v) is 3.95. The van der Waals surface area contributed by atoms with Gasteiger partial charge < -0.3 is 9.32 Å². The molecule has 0 aliphatic carbocycles. The highest BCUT2D eigenvalue weighted by Gasteiger charge is 2.27. The number of amides is 1. The van der Waals surface area contributed by atoms with Crippen LogP contribution in [0.5, 0.6) is 0 Å². The minimum Gasteiger partial charge on any atom is -0.459 e. The van der Waals surface area contributed by atoms with E-state index < -0.39 is 0 Å². The average molecular weight is 324 g/mol. The fourth-order valence-electron chi connectivity index (χ4n) is 3.95. The summed E-state index contributed by atoms with van der Waals surface area (Å²) in [5, 5.41) is 0. The van der Waals surface area contributed by atoms with Crippen LogP contribution in [0.3, 0.4) is 0 Å². The van der Waals surface area contributed by atoms with Crippen LogP contribution in [0.25, 0.3) is 0 Å². The van der Waals surface area contributed by atoms with Crippen LogP contribution in [-0.2, 0) is 13.0 Å². The molecule has 2 aliphatic heterocycles. The Labute approximate surface area is 143 Å². The molecule has 3 heterocycles. The number of hydrogen-bond donors (Lipinski definition) is 0. The molecule has 4 rings (SSSR count). The Balaban J connectivity index is 1.29. The second-order valence-electron chi connectivity index (χ2n) is 6.97. The van der Waals surface area contributed by atoms with Crippen LogP contribution in [0.1, 0.15) is 34.5 Å². The smallest absolute Gasteiger partial charge is 0.289 e. The highest BCUT2D eigenvalue weighted by Crippen LogP contribution is 2.24. The van der Waals surface area contributed by atoms with Crippen LogP contribution in [0.4, 0.5) is 0 Å². The maximum Gasteiger partial charge on any atom is 0.289 e. The Morgan fingerprint density at radius 2 is 1.83 bits per heavy atom. The van der Waals surface area contributed by atoms with E-state index in [2.05, 4.69) is 29.2 Å². The third-order valence-corrected chi connectivity index (χ3v) is 5.36. The maximum atomic E-state index is 12.3. The highest BCUT2D eigenvalue weighted by atomic mass is 16.3. The second-order valence-corrected chi connectivity index (χ2v) is 6.97. The summed E-state index contributed by atoms with van der Waals surface area (Å²) < 4.78 is 5.23. The van der Waals surface area contributed by atoms with Crippen LogP contribution in [0, 0.1) is 5.92 Å². The van der Waals surface area contributed by atoms with Crippen LogP contribution in [-0.4, -0.2) is 41.9 Å². The molecule has 1 fully saturated rings. The minimum absolute atomic E-state index is 0.0327. The molecule has 1 aromatic carbocycles. The summed E-state index contributed by atoms with van der Waals surface area (Å²) >= 11 is 0. The SMILES string of the molecule is O=C(c1ccco1)N1CCC(CN2CCc3ccccc3C2)CC1. The number of carbonyl (C=O) groups excluding carboxylic acids is 1. The zero-order valence-electron chi connectivity index (χ0n) is 14.0. The van der Waals surface area contributed by atoms with Gasteiger partial charge in [0.05, 0.1) is 6.26 Å². The van der Waals surface area contributed by atoms with Crippen LogP contribution < -0.4 is 0 Å². The number of furan rings is 1. The Morgan fingerprint density at radius 3 is 2.58 bits per heavy atom. The van der Waals surface area contributed by atoms with Crippen LogP contribution in [0.15, 0.2) is 47.1 Å². The van der Waals surface area contributed by atoms with Crippen molar-refractivity contribution in [2.45, 2.75) is 25.8 Å². The first-order valence-corrected chi connectivity index (χ1v) is 8.91. The minimum atomic E-state index is 0.0327. The molecule has 0 atom stereocenters. The van der Waals surface area contributed by atoms with E-state index in [0.717, 1.165) is 52.0 Å². The van der Waals surface area contributed by atoms with Gasteiger partial charge in [0.2, 0.25) is 0 Å². The summed E-state index contributed by atoms with van der Waals surface area (Å²) in [5.41, 5.74) is 2.99. The van der Waals surface area contributed by atoms with Gasteiger partial charge in [-0.1, -0.05) is 24.3 Å². The van der Waals surface area contributed by atoms with E-state index in [9.17, 15) is 4.79 Å². The first-order chi connectivity index (χ1) is 11.8.